The van der Waals surface area contributed by atoms with E-state index < -0.39 is 16.0 Å². The molecule has 0 saturated heterocycles. The third kappa shape index (κ3) is 5.90. The summed E-state index contributed by atoms with van der Waals surface area (Å²) in [5, 5.41) is 13.3. The van der Waals surface area contributed by atoms with Crippen LogP contribution in [0.5, 0.6) is 0 Å². The van der Waals surface area contributed by atoms with Gasteiger partial charge in [-0.1, -0.05) is 41.2 Å². The SMILES string of the molecule is CC(=O)Nc1nc2ccc(C=CCS(=O)(=O)n3c(CCCC(=O)O)cc4cc(Cl)ccc43)cc2s1. The molecule has 0 radical (unpaired) electrons. The highest BCUT2D eigenvalue weighted by Gasteiger charge is 2.20. The summed E-state index contributed by atoms with van der Waals surface area (Å²) < 4.78 is 28.8. The van der Waals surface area contributed by atoms with Gasteiger partial charge in [-0.05, 0) is 54.8 Å². The van der Waals surface area contributed by atoms with Gasteiger partial charge in [-0.3, -0.25) is 9.59 Å². The highest BCUT2D eigenvalue weighted by molar-refractivity contribution is 7.90. The van der Waals surface area contributed by atoms with Gasteiger partial charge in [-0.2, -0.15) is 0 Å². The first-order valence-electron chi connectivity index (χ1n) is 10.7. The van der Waals surface area contributed by atoms with E-state index in [1.54, 1.807) is 36.4 Å². The minimum absolute atomic E-state index is 0.0497. The summed E-state index contributed by atoms with van der Waals surface area (Å²) in [5.74, 6) is -1.37. The molecule has 2 aromatic carbocycles. The van der Waals surface area contributed by atoms with Gasteiger partial charge in [0.1, 0.15) is 0 Å². The lowest BCUT2D eigenvalue weighted by Gasteiger charge is -2.10. The Kier molecular flexibility index (Phi) is 7.25. The van der Waals surface area contributed by atoms with Gasteiger partial charge in [-0.15, -0.1) is 0 Å². The van der Waals surface area contributed by atoms with E-state index in [0.717, 1.165) is 15.8 Å². The second kappa shape index (κ2) is 10.2. The molecule has 1 amide bonds. The molecule has 0 atom stereocenters. The minimum Gasteiger partial charge on any atom is -0.481 e. The van der Waals surface area contributed by atoms with E-state index in [4.69, 9.17) is 16.7 Å². The second-order valence-corrected chi connectivity index (χ2v) is 11.3. The molecule has 0 spiro atoms. The Morgan fingerprint density at radius 3 is 2.74 bits per heavy atom. The van der Waals surface area contributed by atoms with Gasteiger partial charge in [0.15, 0.2) is 5.13 Å². The molecule has 0 aliphatic heterocycles. The Labute approximate surface area is 210 Å². The summed E-state index contributed by atoms with van der Waals surface area (Å²) in [4.78, 5) is 26.5. The van der Waals surface area contributed by atoms with Crippen molar-refractivity contribution in [3.8, 4) is 0 Å². The smallest absolute Gasteiger partial charge is 0.303 e. The van der Waals surface area contributed by atoms with Crippen LogP contribution in [0.3, 0.4) is 0 Å². The zero-order chi connectivity index (χ0) is 25.2. The number of benzene rings is 2. The lowest BCUT2D eigenvalue weighted by molar-refractivity contribution is -0.137. The first-order chi connectivity index (χ1) is 16.6. The van der Waals surface area contributed by atoms with E-state index >= 15 is 0 Å². The van der Waals surface area contributed by atoms with Crippen LogP contribution < -0.4 is 5.32 Å². The number of rotatable bonds is 9. The number of hydrogen-bond acceptors (Lipinski definition) is 6. The van der Waals surface area contributed by atoms with Crippen LogP contribution in [-0.4, -0.2) is 40.1 Å². The van der Waals surface area contributed by atoms with Crippen molar-refractivity contribution in [3.05, 3.63) is 64.8 Å². The maximum Gasteiger partial charge on any atom is 0.303 e. The third-order valence-corrected chi connectivity index (χ3v) is 7.98. The number of fused-ring (bicyclic) bond motifs is 2. The van der Waals surface area contributed by atoms with Gasteiger partial charge in [0.05, 0.1) is 21.5 Å². The lowest BCUT2D eigenvalue weighted by atomic mass is 10.2. The van der Waals surface area contributed by atoms with Gasteiger partial charge in [-0.25, -0.2) is 17.4 Å². The largest absolute Gasteiger partial charge is 0.481 e. The number of carbonyl (C=O) groups is 2. The summed E-state index contributed by atoms with van der Waals surface area (Å²) >= 11 is 7.43. The molecule has 2 heterocycles. The average Bonchev–Trinajstić information content (AvgIpc) is 3.32. The number of anilines is 1. The predicted molar refractivity (Wildman–Crippen MR) is 140 cm³/mol. The average molecular weight is 532 g/mol. The maximum atomic E-state index is 13.3. The molecule has 0 bridgehead atoms. The molecule has 4 rings (SSSR count). The summed E-state index contributed by atoms with van der Waals surface area (Å²) in [6, 6.07) is 12.2. The summed E-state index contributed by atoms with van der Waals surface area (Å²) in [6.45, 7) is 1.42. The number of carboxylic acid groups (broad SMARTS) is 1. The molecule has 35 heavy (non-hydrogen) atoms. The number of halogens is 1. The van der Waals surface area contributed by atoms with Crippen molar-refractivity contribution in [2.75, 3.05) is 11.1 Å². The van der Waals surface area contributed by atoms with Crippen molar-refractivity contribution >= 4 is 77.2 Å². The van der Waals surface area contributed by atoms with Crippen molar-refractivity contribution in [1.82, 2.24) is 8.96 Å². The van der Waals surface area contributed by atoms with E-state index in [2.05, 4.69) is 10.3 Å². The summed E-state index contributed by atoms with van der Waals surface area (Å²) in [7, 11) is -3.78. The molecule has 0 saturated carbocycles. The monoisotopic (exact) mass is 531 g/mol. The number of nitrogens with one attached hydrogen (secondary N) is 1. The molecule has 11 heteroatoms. The van der Waals surface area contributed by atoms with E-state index in [1.165, 1.54) is 22.2 Å². The number of thiazole rings is 1. The fraction of sp³-hybridized carbons (Fsp3) is 0.208. The van der Waals surface area contributed by atoms with Gasteiger partial charge in [0, 0.05) is 29.4 Å². The highest BCUT2D eigenvalue weighted by Crippen LogP contribution is 2.28. The molecule has 0 aliphatic rings. The zero-order valence-electron chi connectivity index (χ0n) is 18.7. The van der Waals surface area contributed by atoms with E-state index in [0.29, 0.717) is 39.6 Å². The molecule has 0 unspecified atom stereocenters. The molecule has 2 N–H and O–H groups in total. The van der Waals surface area contributed by atoms with Crippen LogP contribution in [0.2, 0.25) is 5.02 Å². The Hall–Kier alpha value is -3.21. The number of aliphatic carboxylic acids is 1. The van der Waals surface area contributed by atoms with Crippen molar-refractivity contribution in [3.63, 3.8) is 0 Å². The van der Waals surface area contributed by atoms with Crippen LogP contribution in [0.4, 0.5) is 5.13 Å². The Bertz CT molecular complexity index is 1570. The molecule has 0 aliphatic carbocycles. The molecule has 2 aromatic heterocycles. The fourth-order valence-electron chi connectivity index (χ4n) is 3.77. The van der Waals surface area contributed by atoms with Crippen LogP contribution in [-0.2, 0) is 26.0 Å². The summed E-state index contributed by atoms with van der Waals surface area (Å²) in [6.07, 6.45) is 3.88. The molecular weight excluding hydrogens is 510 g/mol. The highest BCUT2D eigenvalue weighted by atomic mass is 35.5. The fourth-order valence-corrected chi connectivity index (χ4v) is 6.37. The first kappa shape index (κ1) is 24.9. The number of carboxylic acids is 1. The third-order valence-electron chi connectivity index (χ3n) is 5.21. The topological polar surface area (TPSA) is 118 Å². The van der Waals surface area contributed by atoms with Crippen molar-refractivity contribution < 1.29 is 23.1 Å². The molecule has 182 valence electrons. The van der Waals surface area contributed by atoms with Crippen LogP contribution in [0.15, 0.2) is 48.5 Å². The van der Waals surface area contributed by atoms with E-state index in [1.807, 2.05) is 18.2 Å². The molecule has 0 fully saturated rings. The van der Waals surface area contributed by atoms with Gasteiger partial charge in [0.25, 0.3) is 0 Å². The molecular formula is C24H22ClN3O5S2. The predicted octanol–water partition coefficient (Wildman–Crippen LogP) is 5.16. The number of nitrogens with zero attached hydrogens (tertiary/aromatic N) is 2. The summed E-state index contributed by atoms with van der Waals surface area (Å²) in [5.41, 5.74) is 2.57. The van der Waals surface area contributed by atoms with Crippen molar-refractivity contribution in [2.45, 2.75) is 26.2 Å². The number of amides is 1. The number of aromatic nitrogens is 2. The second-order valence-electron chi connectivity index (χ2n) is 7.96. The quantitative estimate of drug-likeness (QED) is 0.308. The van der Waals surface area contributed by atoms with Gasteiger partial charge in [0.2, 0.25) is 15.9 Å². The van der Waals surface area contributed by atoms with Gasteiger partial charge >= 0.3 is 5.97 Å². The zero-order valence-corrected chi connectivity index (χ0v) is 21.1. The Balaban J connectivity index is 1.59. The van der Waals surface area contributed by atoms with Crippen LogP contribution in [0.1, 0.15) is 31.0 Å². The van der Waals surface area contributed by atoms with Crippen LogP contribution in [0.25, 0.3) is 27.2 Å². The standard InChI is InChI=1S/C24H22ClN3O5S2/c1-15(29)26-24-27-20-9-7-16(12-22(20)34-24)4-3-11-35(32,33)28-19(5-2-6-23(30)31)14-17-13-18(25)8-10-21(17)28/h3-4,7-10,12-14H,2,5-6,11H2,1H3,(H,30,31)(H,26,27,29). The molecule has 8 nitrogen and oxygen atoms in total. The van der Waals surface area contributed by atoms with Crippen LogP contribution in [0, 0.1) is 0 Å². The normalized spacial score (nSPS) is 12.1. The Morgan fingerprint density at radius 2 is 2.00 bits per heavy atom. The van der Waals surface area contributed by atoms with Crippen molar-refractivity contribution in [1.29, 1.82) is 0 Å². The van der Waals surface area contributed by atoms with E-state index in [9.17, 15) is 18.0 Å². The van der Waals surface area contributed by atoms with Crippen LogP contribution >= 0.6 is 22.9 Å². The maximum absolute atomic E-state index is 13.3. The molecule has 4 aromatic rings. The number of aryl methyl sites for hydroxylation is 1. The van der Waals surface area contributed by atoms with Crippen molar-refractivity contribution in [2.24, 2.45) is 0 Å². The first-order valence-corrected chi connectivity index (χ1v) is 13.5. The minimum atomic E-state index is -3.78. The van der Waals surface area contributed by atoms with E-state index in [-0.39, 0.29) is 18.1 Å². The number of hydrogen-bond donors (Lipinski definition) is 2. The lowest BCUT2D eigenvalue weighted by Crippen LogP contribution is -2.18. The Morgan fingerprint density at radius 1 is 1.20 bits per heavy atom. The number of carbonyl (C=O) groups excluding carboxylic acids is 1. The van der Waals surface area contributed by atoms with Gasteiger partial charge < -0.3 is 10.4 Å².